The number of ether oxygens (including phenoxy) is 1. The average molecular weight is 208 g/mol. The minimum atomic E-state index is -0.987. The maximum atomic E-state index is 10.3. The van der Waals surface area contributed by atoms with E-state index in [-0.39, 0.29) is 0 Å². The fourth-order valence-electron chi connectivity index (χ4n) is 0.901. The summed E-state index contributed by atoms with van der Waals surface area (Å²) in [5.41, 5.74) is 1.70. The van der Waals surface area contributed by atoms with E-state index in [1.54, 1.807) is 19.3 Å². The number of hydrogen-bond donors (Lipinski definition) is 1. The van der Waals surface area contributed by atoms with Gasteiger partial charge in [-0.25, -0.2) is 4.79 Å². The minimum Gasteiger partial charge on any atom is -0.497 e. The predicted octanol–water partition coefficient (Wildman–Crippen LogP) is 2.68. The van der Waals surface area contributed by atoms with Gasteiger partial charge in [0.25, 0.3) is 0 Å². The SMILES string of the molecule is C=CC(/C=C/C(=O)O)=C\C(OC)=C(C)C. The molecule has 0 bridgehead atoms. The van der Waals surface area contributed by atoms with Crippen molar-refractivity contribution in [2.24, 2.45) is 0 Å². The molecule has 3 nitrogen and oxygen atoms in total. The monoisotopic (exact) mass is 208 g/mol. The molecule has 0 aromatic rings. The first kappa shape index (κ1) is 13.2. The molecule has 3 heteroatoms. The van der Waals surface area contributed by atoms with E-state index in [0.717, 1.165) is 11.6 Å². The molecule has 0 aliphatic rings. The number of methoxy groups -OCH3 is 1. The van der Waals surface area contributed by atoms with Gasteiger partial charge < -0.3 is 9.84 Å². The van der Waals surface area contributed by atoms with Crippen molar-refractivity contribution in [3.8, 4) is 0 Å². The Hall–Kier alpha value is -1.77. The first-order valence-electron chi connectivity index (χ1n) is 4.48. The Morgan fingerprint density at radius 1 is 1.33 bits per heavy atom. The molecule has 0 aromatic heterocycles. The Balaban J connectivity index is 4.96. The molecule has 0 amide bonds. The average Bonchev–Trinajstić information content (AvgIpc) is 2.17. The van der Waals surface area contributed by atoms with Crippen LogP contribution in [0.3, 0.4) is 0 Å². The van der Waals surface area contributed by atoms with E-state index in [1.165, 1.54) is 6.08 Å². The van der Waals surface area contributed by atoms with Crippen molar-refractivity contribution in [3.63, 3.8) is 0 Å². The Morgan fingerprint density at radius 3 is 2.27 bits per heavy atom. The van der Waals surface area contributed by atoms with Gasteiger partial charge in [0, 0.05) is 6.08 Å². The summed E-state index contributed by atoms with van der Waals surface area (Å²) in [6, 6.07) is 0. The summed E-state index contributed by atoms with van der Waals surface area (Å²) in [5, 5.41) is 8.47. The lowest BCUT2D eigenvalue weighted by atomic mass is 10.1. The van der Waals surface area contributed by atoms with Crippen LogP contribution in [0.1, 0.15) is 13.8 Å². The van der Waals surface area contributed by atoms with E-state index in [4.69, 9.17) is 9.84 Å². The number of carboxylic acid groups (broad SMARTS) is 1. The zero-order valence-electron chi connectivity index (χ0n) is 9.28. The molecule has 0 radical (unpaired) electrons. The van der Waals surface area contributed by atoms with Crippen LogP contribution in [-0.4, -0.2) is 18.2 Å². The highest BCUT2D eigenvalue weighted by Crippen LogP contribution is 2.10. The molecule has 0 spiro atoms. The van der Waals surface area contributed by atoms with Crippen molar-refractivity contribution in [2.75, 3.05) is 7.11 Å². The molecule has 0 fully saturated rings. The highest BCUT2D eigenvalue weighted by atomic mass is 16.5. The molecule has 0 aliphatic carbocycles. The molecule has 0 atom stereocenters. The second kappa shape index (κ2) is 6.65. The lowest BCUT2D eigenvalue weighted by molar-refractivity contribution is -0.131. The molecule has 0 aromatic carbocycles. The molecule has 15 heavy (non-hydrogen) atoms. The Labute approximate surface area is 90.1 Å². The summed E-state index contributed by atoms with van der Waals surface area (Å²) in [6.07, 6.45) is 5.84. The standard InChI is InChI=1S/C12H16O3/c1-5-10(6-7-12(13)14)8-11(15-4)9(2)3/h5-8H,1H2,2-4H3,(H,13,14)/b7-6+,10-8+. The summed E-state index contributed by atoms with van der Waals surface area (Å²) < 4.78 is 5.13. The third-order valence-corrected chi connectivity index (χ3v) is 1.66. The van der Waals surface area contributed by atoms with Crippen LogP contribution in [0.5, 0.6) is 0 Å². The van der Waals surface area contributed by atoms with E-state index in [0.29, 0.717) is 11.3 Å². The van der Waals surface area contributed by atoms with Gasteiger partial charge in [0.15, 0.2) is 0 Å². The molecule has 0 aliphatic heterocycles. The maximum Gasteiger partial charge on any atom is 0.328 e. The van der Waals surface area contributed by atoms with Crippen LogP contribution >= 0.6 is 0 Å². The van der Waals surface area contributed by atoms with Crippen LogP contribution in [0.25, 0.3) is 0 Å². The molecule has 0 saturated carbocycles. The van der Waals surface area contributed by atoms with Gasteiger partial charge in [-0.1, -0.05) is 12.7 Å². The number of hydrogen-bond acceptors (Lipinski definition) is 2. The smallest absolute Gasteiger partial charge is 0.328 e. The highest BCUT2D eigenvalue weighted by molar-refractivity contribution is 5.80. The number of carbonyl (C=O) groups is 1. The van der Waals surface area contributed by atoms with Gasteiger partial charge in [0.05, 0.1) is 7.11 Å². The van der Waals surface area contributed by atoms with Crippen molar-refractivity contribution in [1.29, 1.82) is 0 Å². The zero-order chi connectivity index (χ0) is 11.8. The van der Waals surface area contributed by atoms with Gasteiger partial charge in [-0.05, 0) is 37.1 Å². The molecular weight excluding hydrogens is 192 g/mol. The van der Waals surface area contributed by atoms with Gasteiger partial charge in [-0.2, -0.15) is 0 Å². The van der Waals surface area contributed by atoms with Gasteiger partial charge in [0.1, 0.15) is 5.76 Å². The number of allylic oxidation sites excluding steroid dienone is 5. The van der Waals surface area contributed by atoms with Crippen molar-refractivity contribution >= 4 is 5.97 Å². The number of carboxylic acids is 1. The number of rotatable bonds is 5. The normalized spacial score (nSPS) is 11.3. The van der Waals surface area contributed by atoms with Crippen LogP contribution in [-0.2, 0) is 9.53 Å². The topological polar surface area (TPSA) is 46.5 Å². The van der Waals surface area contributed by atoms with E-state index in [1.807, 2.05) is 13.8 Å². The summed E-state index contributed by atoms with van der Waals surface area (Å²) >= 11 is 0. The second-order valence-corrected chi connectivity index (χ2v) is 3.09. The highest BCUT2D eigenvalue weighted by Gasteiger charge is 1.96. The van der Waals surface area contributed by atoms with E-state index in [2.05, 4.69) is 6.58 Å². The minimum absolute atomic E-state index is 0.690. The third-order valence-electron chi connectivity index (χ3n) is 1.66. The van der Waals surface area contributed by atoms with Crippen LogP contribution in [0.2, 0.25) is 0 Å². The Morgan fingerprint density at radius 2 is 1.93 bits per heavy atom. The van der Waals surface area contributed by atoms with Gasteiger partial charge in [-0.15, -0.1) is 0 Å². The molecule has 82 valence electrons. The van der Waals surface area contributed by atoms with E-state index in [9.17, 15) is 4.79 Å². The fraction of sp³-hybridized carbons (Fsp3) is 0.250. The third kappa shape index (κ3) is 5.52. The summed E-state index contributed by atoms with van der Waals surface area (Å²) in [6.45, 7) is 7.42. The molecule has 0 unspecified atom stereocenters. The fourth-order valence-corrected chi connectivity index (χ4v) is 0.901. The quantitative estimate of drug-likeness (QED) is 0.429. The maximum absolute atomic E-state index is 10.3. The van der Waals surface area contributed by atoms with Crippen molar-refractivity contribution in [1.82, 2.24) is 0 Å². The van der Waals surface area contributed by atoms with Gasteiger partial charge >= 0.3 is 5.97 Å². The molecule has 0 heterocycles. The zero-order valence-corrected chi connectivity index (χ0v) is 9.28. The van der Waals surface area contributed by atoms with Gasteiger partial charge in [-0.3, -0.25) is 0 Å². The summed E-state index contributed by atoms with van der Waals surface area (Å²) in [7, 11) is 1.57. The van der Waals surface area contributed by atoms with Crippen molar-refractivity contribution in [2.45, 2.75) is 13.8 Å². The summed E-state index contributed by atoms with van der Waals surface area (Å²) in [5.74, 6) is -0.279. The largest absolute Gasteiger partial charge is 0.497 e. The predicted molar refractivity (Wildman–Crippen MR) is 60.4 cm³/mol. The van der Waals surface area contributed by atoms with Crippen LogP contribution < -0.4 is 0 Å². The first-order chi connectivity index (χ1) is 7.01. The Bertz CT molecular complexity index is 329. The number of aliphatic carboxylic acids is 1. The van der Waals surface area contributed by atoms with E-state index >= 15 is 0 Å². The molecular formula is C12H16O3. The first-order valence-corrected chi connectivity index (χ1v) is 4.48. The van der Waals surface area contributed by atoms with Crippen LogP contribution in [0, 0.1) is 0 Å². The molecule has 0 saturated heterocycles. The summed E-state index contributed by atoms with van der Waals surface area (Å²) in [4.78, 5) is 10.3. The molecule has 0 rings (SSSR count). The van der Waals surface area contributed by atoms with E-state index < -0.39 is 5.97 Å². The van der Waals surface area contributed by atoms with Crippen molar-refractivity contribution < 1.29 is 14.6 Å². The Kier molecular flexibility index (Phi) is 5.86. The second-order valence-electron chi connectivity index (χ2n) is 3.09. The van der Waals surface area contributed by atoms with Gasteiger partial charge in [0.2, 0.25) is 0 Å². The lowest BCUT2D eigenvalue weighted by Gasteiger charge is -2.03. The van der Waals surface area contributed by atoms with Crippen LogP contribution in [0.4, 0.5) is 0 Å². The lowest BCUT2D eigenvalue weighted by Crippen LogP contribution is -1.89. The van der Waals surface area contributed by atoms with Crippen LogP contribution in [0.15, 0.2) is 47.8 Å². The van der Waals surface area contributed by atoms with Crippen molar-refractivity contribution in [3.05, 3.63) is 47.8 Å². The molecule has 1 N–H and O–H groups in total.